The molecule has 0 saturated heterocycles. The fourth-order valence-corrected chi connectivity index (χ4v) is 2.55. The molecular formula is C18H17N5O3. The number of aromatic nitrogens is 3. The summed E-state index contributed by atoms with van der Waals surface area (Å²) in [6, 6.07) is 12.2. The molecule has 0 atom stereocenters. The van der Waals surface area contributed by atoms with Crippen molar-refractivity contribution < 1.29 is 9.72 Å². The lowest BCUT2D eigenvalue weighted by atomic mass is 10.1. The summed E-state index contributed by atoms with van der Waals surface area (Å²) in [4.78, 5) is 24.8. The normalized spacial score (nSPS) is 10.6. The predicted molar refractivity (Wildman–Crippen MR) is 96.6 cm³/mol. The van der Waals surface area contributed by atoms with E-state index in [1.165, 1.54) is 10.9 Å². The van der Waals surface area contributed by atoms with Crippen molar-refractivity contribution in [1.29, 1.82) is 0 Å². The van der Waals surface area contributed by atoms with Gasteiger partial charge in [0.2, 0.25) is 0 Å². The van der Waals surface area contributed by atoms with Crippen molar-refractivity contribution >= 4 is 17.3 Å². The zero-order valence-corrected chi connectivity index (χ0v) is 14.6. The molecule has 132 valence electrons. The number of aryl methyl sites for hydroxylation is 2. The maximum absolute atomic E-state index is 12.7. The van der Waals surface area contributed by atoms with E-state index in [1.54, 1.807) is 19.9 Å². The fraction of sp³-hybridized carbons (Fsp3) is 0.167. The van der Waals surface area contributed by atoms with E-state index in [2.05, 4.69) is 15.5 Å². The van der Waals surface area contributed by atoms with Crippen LogP contribution in [0.25, 0.3) is 5.69 Å². The smallest absolute Gasteiger partial charge is 0.293 e. The molecule has 0 radical (unpaired) electrons. The Kier molecular flexibility index (Phi) is 4.49. The molecule has 8 heteroatoms. The zero-order chi connectivity index (χ0) is 18.8. The van der Waals surface area contributed by atoms with Gasteiger partial charge in [-0.25, -0.2) is 0 Å². The Morgan fingerprint density at radius 3 is 2.42 bits per heavy atom. The lowest BCUT2D eigenvalue weighted by Gasteiger charge is -2.10. The molecule has 1 aromatic heterocycles. The lowest BCUT2D eigenvalue weighted by Crippen LogP contribution is -2.16. The van der Waals surface area contributed by atoms with Crippen LogP contribution in [-0.4, -0.2) is 25.8 Å². The molecule has 1 N–H and O–H groups in total. The van der Waals surface area contributed by atoms with Gasteiger partial charge in [0, 0.05) is 6.07 Å². The monoisotopic (exact) mass is 351 g/mol. The summed E-state index contributed by atoms with van der Waals surface area (Å²) < 4.78 is 0. The second kappa shape index (κ2) is 6.75. The summed E-state index contributed by atoms with van der Waals surface area (Å²) in [5, 5.41) is 22.4. The van der Waals surface area contributed by atoms with Crippen LogP contribution in [0.2, 0.25) is 0 Å². The number of rotatable bonds is 4. The molecule has 2 aromatic carbocycles. The number of nitro groups is 1. The van der Waals surface area contributed by atoms with E-state index >= 15 is 0 Å². The van der Waals surface area contributed by atoms with Crippen molar-refractivity contribution in [2.24, 2.45) is 0 Å². The van der Waals surface area contributed by atoms with E-state index in [1.807, 2.05) is 37.3 Å². The molecule has 0 aliphatic rings. The standard InChI is InChI=1S/C18H17N5O3/c1-11-9-10-15(23(25)26)16(12(11)2)19-18(24)17-13(3)20-22(21-17)14-7-5-4-6-8-14/h4-10H,1-3H3,(H,19,24). The number of benzene rings is 2. The molecule has 3 rings (SSSR count). The highest BCUT2D eigenvalue weighted by molar-refractivity contribution is 6.05. The number of hydrogen-bond donors (Lipinski definition) is 1. The highest BCUT2D eigenvalue weighted by Crippen LogP contribution is 2.30. The average molecular weight is 351 g/mol. The summed E-state index contributed by atoms with van der Waals surface area (Å²) in [6.07, 6.45) is 0. The number of amides is 1. The minimum atomic E-state index is -0.540. The van der Waals surface area contributed by atoms with Crippen LogP contribution in [-0.2, 0) is 0 Å². The molecule has 0 saturated carbocycles. The van der Waals surface area contributed by atoms with Crippen LogP contribution >= 0.6 is 0 Å². The lowest BCUT2D eigenvalue weighted by molar-refractivity contribution is -0.384. The van der Waals surface area contributed by atoms with Crippen molar-refractivity contribution in [2.45, 2.75) is 20.8 Å². The number of nitrogens with one attached hydrogen (secondary N) is 1. The third kappa shape index (κ3) is 3.16. The summed E-state index contributed by atoms with van der Waals surface area (Å²) in [5.41, 5.74) is 2.76. The van der Waals surface area contributed by atoms with Gasteiger partial charge in [-0.15, -0.1) is 5.10 Å². The minimum absolute atomic E-state index is 0.115. The van der Waals surface area contributed by atoms with E-state index in [0.717, 1.165) is 5.56 Å². The van der Waals surface area contributed by atoms with Crippen LogP contribution in [0.4, 0.5) is 11.4 Å². The Bertz CT molecular complexity index is 996. The second-order valence-corrected chi connectivity index (χ2v) is 5.87. The summed E-state index contributed by atoms with van der Waals surface area (Å²) in [7, 11) is 0. The van der Waals surface area contributed by atoms with Gasteiger partial charge >= 0.3 is 0 Å². The Hall–Kier alpha value is -3.55. The third-order valence-electron chi connectivity index (χ3n) is 4.13. The molecular weight excluding hydrogens is 334 g/mol. The fourth-order valence-electron chi connectivity index (χ4n) is 2.55. The predicted octanol–water partition coefficient (Wildman–Crippen LogP) is 3.35. The SMILES string of the molecule is Cc1ccc([N+](=O)[O-])c(NC(=O)c2nn(-c3ccccc3)nc2C)c1C. The van der Waals surface area contributed by atoms with Crippen LogP contribution in [0.1, 0.15) is 27.3 Å². The van der Waals surface area contributed by atoms with Crippen LogP contribution < -0.4 is 5.32 Å². The number of carbonyl (C=O) groups is 1. The molecule has 1 amide bonds. The first-order chi connectivity index (χ1) is 12.4. The quantitative estimate of drug-likeness (QED) is 0.573. The van der Waals surface area contributed by atoms with Gasteiger partial charge < -0.3 is 5.32 Å². The Morgan fingerprint density at radius 1 is 1.08 bits per heavy atom. The van der Waals surface area contributed by atoms with Crippen molar-refractivity contribution in [2.75, 3.05) is 5.32 Å². The van der Waals surface area contributed by atoms with Crippen LogP contribution in [0.5, 0.6) is 0 Å². The molecule has 8 nitrogen and oxygen atoms in total. The van der Waals surface area contributed by atoms with Crippen LogP contribution in [0.15, 0.2) is 42.5 Å². The first-order valence-electron chi connectivity index (χ1n) is 7.94. The number of nitro benzene ring substituents is 1. The Balaban J connectivity index is 1.96. The van der Waals surface area contributed by atoms with Gasteiger partial charge in [0.1, 0.15) is 5.69 Å². The van der Waals surface area contributed by atoms with Crippen LogP contribution in [0, 0.1) is 30.9 Å². The highest BCUT2D eigenvalue weighted by Gasteiger charge is 2.23. The Labute approximate surface area is 149 Å². The summed E-state index contributed by atoms with van der Waals surface area (Å²) >= 11 is 0. The van der Waals surface area contributed by atoms with Crippen molar-refractivity contribution in [1.82, 2.24) is 15.0 Å². The van der Waals surface area contributed by atoms with E-state index in [0.29, 0.717) is 16.9 Å². The molecule has 0 aliphatic carbocycles. The van der Waals surface area contributed by atoms with Crippen molar-refractivity contribution in [3.8, 4) is 5.69 Å². The molecule has 1 heterocycles. The van der Waals surface area contributed by atoms with Crippen molar-refractivity contribution in [3.63, 3.8) is 0 Å². The van der Waals surface area contributed by atoms with Gasteiger partial charge in [-0.2, -0.15) is 9.90 Å². The third-order valence-corrected chi connectivity index (χ3v) is 4.13. The van der Waals surface area contributed by atoms with Gasteiger partial charge in [-0.05, 0) is 44.0 Å². The number of carbonyl (C=O) groups excluding carboxylic acids is 1. The van der Waals surface area contributed by atoms with Gasteiger partial charge in [0.15, 0.2) is 5.69 Å². The number of nitrogens with zero attached hydrogens (tertiary/aromatic N) is 4. The van der Waals surface area contributed by atoms with Crippen LogP contribution in [0.3, 0.4) is 0 Å². The first kappa shape index (κ1) is 17.3. The van der Waals surface area contributed by atoms with E-state index < -0.39 is 10.8 Å². The number of para-hydroxylation sites is 1. The molecule has 0 unspecified atom stereocenters. The first-order valence-corrected chi connectivity index (χ1v) is 7.94. The Morgan fingerprint density at radius 2 is 1.77 bits per heavy atom. The largest absolute Gasteiger partial charge is 0.315 e. The molecule has 0 fully saturated rings. The summed E-state index contributed by atoms with van der Waals surface area (Å²) in [5.74, 6) is -0.540. The van der Waals surface area contributed by atoms with Crippen molar-refractivity contribution in [3.05, 3.63) is 75.1 Å². The molecule has 0 aliphatic heterocycles. The molecule has 3 aromatic rings. The summed E-state index contributed by atoms with van der Waals surface area (Å²) in [6.45, 7) is 5.22. The zero-order valence-electron chi connectivity index (χ0n) is 14.6. The van der Waals surface area contributed by atoms with E-state index in [9.17, 15) is 14.9 Å². The molecule has 26 heavy (non-hydrogen) atoms. The second-order valence-electron chi connectivity index (χ2n) is 5.87. The van der Waals surface area contributed by atoms with E-state index in [4.69, 9.17) is 0 Å². The molecule has 0 bridgehead atoms. The molecule has 0 spiro atoms. The highest BCUT2D eigenvalue weighted by atomic mass is 16.6. The van der Waals surface area contributed by atoms with E-state index in [-0.39, 0.29) is 17.1 Å². The van der Waals surface area contributed by atoms with Gasteiger partial charge in [0.05, 0.1) is 16.3 Å². The average Bonchev–Trinajstić information content (AvgIpc) is 3.01. The number of anilines is 1. The van der Waals surface area contributed by atoms with Gasteiger partial charge in [-0.1, -0.05) is 24.3 Å². The maximum Gasteiger partial charge on any atom is 0.293 e. The topological polar surface area (TPSA) is 103 Å². The maximum atomic E-state index is 12.7. The number of hydrogen-bond acceptors (Lipinski definition) is 5. The minimum Gasteiger partial charge on any atom is -0.315 e. The van der Waals surface area contributed by atoms with Gasteiger partial charge in [0.25, 0.3) is 11.6 Å². The van der Waals surface area contributed by atoms with Gasteiger partial charge in [-0.3, -0.25) is 14.9 Å².